The second-order valence-corrected chi connectivity index (χ2v) is 14.6. The number of carboxylic acid groups (broad SMARTS) is 2. The van der Waals surface area contributed by atoms with Gasteiger partial charge >= 0.3 is 12.2 Å². The van der Waals surface area contributed by atoms with Crippen molar-refractivity contribution in [3.63, 3.8) is 0 Å². The van der Waals surface area contributed by atoms with Gasteiger partial charge in [-0.15, -0.1) is 0 Å². The van der Waals surface area contributed by atoms with Gasteiger partial charge in [0.15, 0.2) is 0 Å². The maximum atomic E-state index is 13.6. The Balaban J connectivity index is 1.43. The van der Waals surface area contributed by atoms with Crippen LogP contribution < -0.4 is 21.3 Å². The smallest absolute Gasteiger partial charge is 0.411 e. The summed E-state index contributed by atoms with van der Waals surface area (Å²) in [5.74, 6) is -1.06. The number of amides is 3. The van der Waals surface area contributed by atoms with Crippen LogP contribution in [-0.4, -0.2) is 58.9 Å². The highest BCUT2D eigenvalue weighted by molar-refractivity contribution is 5.94. The molecule has 0 aliphatic heterocycles. The quantitative estimate of drug-likeness (QED) is 0.0214. The van der Waals surface area contributed by atoms with Crippen LogP contribution in [0.2, 0.25) is 0 Å². The first-order valence-corrected chi connectivity index (χ1v) is 19.9. The van der Waals surface area contributed by atoms with Gasteiger partial charge in [0.25, 0.3) is 0 Å². The third-order valence-corrected chi connectivity index (χ3v) is 10.3. The molecule has 4 atom stereocenters. The molecule has 4 aromatic rings. The second-order valence-electron chi connectivity index (χ2n) is 14.6. The van der Waals surface area contributed by atoms with Crippen molar-refractivity contribution in [1.82, 2.24) is 21.3 Å². The molecule has 0 radical (unpaired) electrons. The van der Waals surface area contributed by atoms with Gasteiger partial charge in [-0.1, -0.05) is 166 Å². The van der Waals surface area contributed by atoms with Crippen LogP contribution in [-0.2, 0) is 35.3 Å². The van der Waals surface area contributed by atoms with Crippen molar-refractivity contribution in [1.29, 1.82) is 0 Å². The molecule has 0 spiro atoms. The predicted octanol–water partition coefficient (Wildman–Crippen LogP) is 7.96. The summed E-state index contributed by atoms with van der Waals surface area (Å²) in [6.07, 6.45) is 8.87. The first kappa shape index (κ1) is 43.4. The molecule has 10 nitrogen and oxygen atoms in total. The van der Waals surface area contributed by atoms with Crippen LogP contribution in [0.3, 0.4) is 0 Å². The lowest BCUT2D eigenvalue weighted by atomic mass is 9.78. The Bertz CT molecular complexity index is 1730. The van der Waals surface area contributed by atoms with Gasteiger partial charge in [-0.05, 0) is 66.8 Å². The Morgan fingerprint density at radius 1 is 0.571 bits per heavy atom. The van der Waals surface area contributed by atoms with E-state index in [0.717, 1.165) is 86.5 Å². The van der Waals surface area contributed by atoms with E-state index in [9.17, 15) is 29.4 Å². The first-order valence-electron chi connectivity index (χ1n) is 19.9. The van der Waals surface area contributed by atoms with Gasteiger partial charge in [0, 0.05) is 6.42 Å². The molecule has 0 bridgehead atoms. The van der Waals surface area contributed by atoms with Gasteiger partial charge < -0.3 is 25.6 Å². The zero-order valence-corrected chi connectivity index (χ0v) is 32.3. The zero-order chi connectivity index (χ0) is 39.9. The molecule has 298 valence electrons. The molecule has 6 N–H and O–H groups in total. The number of hydrogen-bond acceptors (Lipinski definition) is 6. The molecule has 4 aromatic carbocycles. The van der Waals surface area contributed by atoms with Gasteiger partial charge in [-0.2, -0.15) is 0 Å². The van der Waals surface area contributed by atoms with Gasteiger partial charge in [-0.25, -0.2) is 9.59 Å². The minimum absolute atomic E-state index is 0.150. The lowest BCUT2D eigenvalue weighted by molar-refractivity contribution is -0.123. The Kier molecular flexibility index (Phi) is 18.8. The molecule has 56 heavy (non-hydrogen) atoms. The van der Waals surface area contributed by atoms with E-state index in [1.165, 1.54) is 0 Å². The molecule has 2 unspecified atom stereocenters. The summed E-state index contributed by atoms with van der Waals surface area (Å²) in [5.41, 5.74) is 2.52. The fraction of sp³-hybridized carbons (Fsp3) is 0.391. The van der Waals surface area contributed by atoms with E-state index in [0.29, 0.717) is 19.3 Å². The predicted molar refractivity (Wildman–Crippen MR) is 220 cm³/mol. The lowest BCUT2D eigenvalue weighted by Crippen LogP contribution is -2.69. The molecule has 0 aliphatic rings. The van der Waals surface area contributed by atoms with Gasteiger partial charge in [0.1, 0.15) is 11.9 Å². The van der Waals surface area contributed by atoms with Crippen LogP contribution in [0.4, 0.5) is 9.59 Å². The Hall–Kier alpha value is -5.32. The van der Waals surface area contributed by atoms with Gasteiger partial charge in [-0.3, -0.25) is 15.4 Å². The van der Waals surface area contributed by atoms with Crippen molar-refractivity contribution in [3.8, 4) is 0 Å². The molecule has 4 rings (SSSR count). The van der Waals surface area contributed by atoms with E-state index >= 15 is 0 Å². The summed E-state index contributed by atoms with van der Waals surface area (Å²) >= 11 is 0. The fourth-order valence-corrected chi connectivity index (χ4v) is 7.49. The van der Waals surface area contributed by atoms with Crippen LogP contribution in [0.15, 0.2) is 121 Å². The van der Waals surface area contributed by atoms with E-state index in [4.69, 9.17) is 0 Å². The number of rotatable bonds is 26. The summed E-state index contributed by atoms with van der Waals surface area (Å²) < 4.78 is 0. The van der Waals surface area contributed by atoms with E-state index < -0.39 is 29.8 Å². The van der Waals surface area contributed by atoms with Gasteiger partial charge in [0.05, 0.1) is 12.1 Å². The van der Waals surface area contributed by atoms with Crippen LogP contribution in [0.5, 0.6) is 0 Å². The summed E-state index contributed by atoms with van der Waals surface area (Å²) in [7, 11) is 0. The van der Waals surface area contributed by atoms with E-state index in [1.807, 2.05) is 127 Å². The third kappa shape index (κ3) is 15.8. The van der Waals surface area contributed by atoms with Crippen LogP contribution in [0, 0.1) is 5.92 Å². The number of aldehydes is 1. The largest absolute Gasteiger partial charge is 0.465 e. The molecule has 0 heterocycles. The number of carbonyl (C=O) groups is 4. The molecular formula is C46H58N4O6. The molecule has 10 heteroatoms. The fourth-order valence-electron chi connectivity index (χ4n) is 7.49. The highest BCUT2D eigenvalue weighted by Gasteiger charge is 2.43. The molecule has 3 amide bonds. The number of nitrogens with one attached hydrogen (secondary N) is 4. The van der Waals surface area contributed by atoms with Crippen molar-refractivity contribution in [2.75, 3.05) is 6.54 Å². The van der Waals surface area contributed by atoms with Crippen molar-refractivity contribution in [2.24, 2.45) is 5.92 Å². The van der Waals surface area contributed by atoms with Crippen molar-refractivity contribution in [2.45, 2.75) is 101 Å². The molecular weight excluding hydrogens is 705 g/mol. The monoisotopic (exact) mass is 762 g/mol. The number of imide groups is 1. The summed E-state index contributed by atoms with van der Waals surface area (Å²) in [6, 6.07) is 37.6. The van der Waals surface area contributed by atoms with Gasteiger partial charge in [0.2, 0.25) is 5.91 Å². The maximum Gasteiger partial charge on any atom is 0.411 e. The highest BCUT2D eigenvalue weighted by Crippen LogP contribution is 2.31. The Labute approximate surface area is 331 Å². The Morgan fingerprint density at radius 3 is 1.54 bits per heavy atom. The molecule has 0 fully saturated rings. The van der Waals surface area contributed by atoms with E-state index in [1.54, 1.807) is 0 Å². The maximum absolute atomic E-state index is 13.6. The summed E-state index contributed by atoms with van der Waals surface area (Å²) in [6.45, 7) is 0.812. The number of unbranched alkanes of at least 4 members (excludes halogenated alkanes) is 7. The molecule has 0 saturated heterocycles. The Morgan fingerprint density at radius 2 is 1.04 bits per heavy atom. The molecule has 0 aliphatic carbocycles. The minimum atomic E-state index is -1.47. The van der Waals surface area contributed by atoms with Crippen LogP contribution in [0.1, 0.15) is 80.0 Å². The average molecular weight is 763 g/mol. The van der Waals surface area contributed by atoms with E-state index in [2.05, 4.69) is 16.0 Å². The SMILES string of the molecule is O=CC(Cc1ccccc1)NCCCCCCCCCC[C@@H](Cc1ccccc1)C(Cc1ccccc1)(NC(=O)O)N[C@@H](Cc1ccccc1)C(=O)NC(=O)O. The van der Waals surface area contributed by atoms with Crippen molar-refractivity contribution < 1.29 is 29.4 Å². The molecule has 0 saturated carbocycles. The molecule has 0 aromatic heterocycles. The van der Waals surface area contributed by atoms with E-state index in [-0.39, 0.29) is 24.8 Å². The summed E-state index contributed by atoms with van der Waals surface area (Å²) in [4.78, 5) is 49.6. The third-order valence-electron chi connectivity index (χ3n) is 10.3. The minimum Gasteiger partial charge on any atom is -0.465 e. The topological polar surface area (TPSA) is 157 Å². The second kappa shape index (κ2) is 24.2. The zero-order valence-electron chi connectivity index (χ0n) is 32.3. The van der Waals surface area contributed by atoms with Crippen molar-refractivity contribution >= 4 is 24.4 Å². The van der Waals surface area contributed by atoms with Crippen molar-refractivity contribution in [3.05, 3.63) is 144 Å². The van der Waals surface area contributed by atoms with Crippen LogP contribution in [0.25, 0.3) is 0 Å². The first-order chi connectivity index (χ1) is 27.3. The van der Waals surface area contributed by atoms with Crippen LogP contribution >= 0.6 is 0 Å². The highest BCUT2D eigenvalue weighted by atomic mass is 16.4. The average Bonchev–Trinajstić information content (AvgIpc) is 3.19. The number of hydrogen-bond donors (Lipinski definition) is 6. The number of carbonyl (C=O) groups excluding carboxylic acids is 2. The summed E-state index contributed by atoms with van der Waals surface area (Å²) in [5, 5.41) is 31.6. The normalized spacial score (nSPS) is 13.8. The number of benzene rings is 4. The standard InChI is InChI=1S/C46H58N4O6/c51-35-41(32-37-23-13-8-14-24-37)47-30-20-6-4-2-1-3-5-19-29-40(31-36-21-11-7-12-22-36)46(50-45(55)56,34-39-27-17-10-18-28-39)49-42(43(52)48-44(53)54)33-38-25-15-9-16-26-38/h7-18,21-28,35,40-42,47,49-50H,1-6,19-20,29-34H2,(H,48,52)(H,53,54)(H,55,56)/t40-,41?,42-,46?/m0/s1. The lowest BCUT2D eigenvalue weighted by Gasteiger charge is -2.44.